The summed E-state index contributed by atoms with van der Waals surface area (Å²) in [6.07, 6.45) is 4.70. The highest BCUT2D eigenvalue weighted by Crippen LogP contribution is 2.33. The number of thioether (sulfide) groups is 1. The van der Waals surface area contributed by atoms with E-state index in [-0.39, 0.29) is 41.5 Å². The molecule has 0 radical (unpaired) electrons. The largest absolute Gasteiger partial charge is 0.355 e. The number of amides is 5. The topological polar surface area (TPSA) is 154 Å². The van der Waals surface area contributed by atoms with Crippen molar-refractivity contribution in [3.63, 3.8) is 0 Å². The van der Waals surface area contributed by atoms with Gasteiger partial charge in [-0.25, -0.2) is 4.79 Å². The van der Waals surface area contributed by atoms with Gasteiger partial charge in [-0.2, -0.15) is 11.8 Å². The summed E-state index contributed by atoms with van der Waals surface area (Å²) >= 11 is 1.90. The summed E-state index contributed by atoms with van der Waals surface area (Å²) < 4.78 is 5.27. The van der Waals surface area contributed by atoms with Crippen LogP contribution in [-0.4, -0.2) is 65.1 Å². The SMILES string of the molecule is O=C(CCCCC[C@@H]1SC[C@@H]2NC(=O)N[C@@H]21)Nc1cccc(C(=O)NCCCNC(=O)c2cc(-c3ccccc3)on2)c1. The zero-order valence-corrected chi connectivity index (χ0v) is 24.6. The molecule has 5 rings (SSSR count). The lowest BCUT2D eigenvalue weighted by atomic mass is 10.0. The minimum absolute atomic E-state index is 0.0677. The van der Waals surface area contributed by atoms with Crippen LogP contribution >= 0.6 is 11.8 Å². The Morgan fingerprint density at radius 3 is 2.56 bits per heavy atom. The van der Waals surface area contributed by atoms with E-state index in [0.717, 1.165) is 37.0 Å². The number of fused-ring (bicyclic) bond motifs is 1. The van der Waals surface area contributed by atoms with Gasteiger partial charge >= 0.3 is 6.03 Å². The lowest BCUT2D eigenvalue weighted by Crippen LogP contribution is -2.36. The molecule has 2 aliphatic rings. The number of hydrogen-bond acceptors (Lipinski definition) is 7. The summed E-state index contributed by atoms with van der Waals surface area (Å²) in [5, 5.41) is 18.7. The van der Waals surface area contributed by atoms with E-state index in [1.165, 1.54) is 0 Å². The summed E-state index contributed by atoms with van der Waals surface area (Å²) in [5.41, 5.74) is 2.05. The third-order valence-corrected chi connectivity index (χ3v) is 8.97. The highest BCUT2D eigenvalue weighted by Gasteiger charge is 2.42. The van der Waals surface area contributed by atoms with Crippen LogP contribution in [0.3, 0.4) is 0 Å². The molecule has 2 aromatic carbocycles. The molecule has 5 N–H and O–H groups in total. The van der Waals surface area contributed by atoms with E-state index in [9.17, 15) is 19.2 Å². The maximum absolute atomic E-state index is 12.6. The van der Waals surface area contributed by atoms with E-state index in [2.05, 4.69) is 31.7 Å². The van der Waals surface area contributed by atoms with Crippen molar-refractivity contribution in [2.24, 2.45) is 0 Å². The van der Waals surface area contributed by atoms with E-state index in [4.69, 9.17) is 4.52 Å². The van der Waals surface area contributed by atoms with Crippen molar-refractivity contribution in [2.45, 2.75) is 55.9 Å². The zero-order valence-electron chi connectivity index (χ0n) is 23.8. The van der Waals surface area contributed by atoms with Crippen molar-refractivity contribution in [1.82, 2.24) is 26.4 Å². The number of nitrogens with zero attached hydrogens (tertiary/aromatic N) is 1. The molecule has 0 unspecified atom stereocenters. The van der Waals surface area contributed by atoms with Gasteiger partial charge < -0.3 is 31.1 Å². The Morgan fingerprint density at radius 2 is 1.72 bits per heavy atom. The number of urea groups is 1. The molecule has 1 aromatic heterocycles. The summed E-state index contributed by atoms with van der Waals surface area (Å²) in [7, 11) is 0. The molecule has 226 valence electrons. The number of carbonyl (C=O) groups is 4. The van der Waals surface area contributed by atoms with Gasteiger partial charge in [0.2, 0.25) is 5.91 Å². The Morgan fingerprint density at radius 1 is 0.907 bits per heavy atom. The Kier molecular flexibility index (Phi) is 10.3. The highest BCUT2D eigenvalue weighted by molar-refractivity contribution is 8.00. The van der Waals surface area contributed by atoms with Crippen molar-refractivity contribution < 1.29 is 23.7 Å². The third-order valence-electron chi connectivity index (χ3n) is 7.46. The van der Waals surface area contributed by atoms with Crippen LogP contribution < -0.4 is 26.6 Å². The van der Waals surface area contributed by atoms with Crippen molar-refractivity contribution in [3.8, 4) is 11.3 Å². The molecule has 0 spiro atoms. The number of carbonyl (C=O) groups excluding carboxylic acids is 4. The van der Waals surface area contributed by atoms with E-state index < -0.39 is 0 Å². The smallest absolute Gasteiger partial charge is 0.315 e. The van der Waals surface area contributed by atoms with Crippen LogP contribution in [-0.2, 0) is 4.79 Å². The molecule has 5 amide bonds. The fourth-order valence-corrected chi connectivity index (χ4v) is 6.76. The van der Waals surface area contributed by atoms with Crippen molar-refractivity contribution >= 4 is 41.2 Å². The van der Waals surface area contributed by atoms with Gasteiger partial charge in [0.05, 0.1) is 12.1 Å². The first-order valence-electron chi connectivity index (χ1n) is 14.6. The Balaban J connectivity index is 0.949. The molecule has 3 heterocycles. The predicted molar refractivity (Wildman–Crippen MR) is 165 cm³/mol. The van der Waals surface area contributed by atoms with Crippen LogP contribution in [0.5, 0.6) is 0 Å². The first kappa shape index (κ1) is 30.1. The summed E-state index contributed by atoms with van der Waals surface area (Å²) in [4.78, 5) is 48.9. The Bertz CT molecular complexity index is 1430. The monoisotopic (exact) mass is 604 g/mol. The minimum atomic E-state index is -0.344. The average molecular weight is 605 g/mol. The van der Waals surface area contributed by atoms with Gasteiger partial charge in [0.25, 0.3) is 11.8 Å². The quantitative estimate of drug-likeness (QED) is 0.138. The number of hydrogen-bond donors (Lipinski definition) is 5. The summed E-state index contributed by atoms with van der Waals surface area (Å²) in [6, 6.07) is 18.2. The normalized spacial score (nSPS) is 18.8. The van der Waals surface area contributed by atoms with Crippen LogP contribution in [0.4, 0.5) is 10.5 Å². The molecule has 11 nitrogen and oxygen atoms in total. The van der Waals surface area contributed by atoms with Crippen LogP contribution in [0, 0.1) is 0 Å². The fourth-order valence-electron chi connectivity index (χ4n) is 5.22. The second kappa shape index (κ2) is 14.7. The third kappa shape index (κ3) is 8.38. The Labute approximate surface area is 254 Å². The van der Waals surface area contributed by atoms with E-state index in [1.54, 1.807) is 30.3 Å². The van der Waals surface area contributed by atoms with Crippen molar-refractivity contribution in [3.05, 3.63) is 71.9 Å². The molecule has 43 heavy (non-hydrogen) atoms. The molecule has 2 fully saturated rings. The molecule has 2 saturated heterocycles. The molecular formula is C31H36N6O5S. The molecule has 3 aromatic rings. The molecule has 2 aliphatic heterocycles. The van der Waals surface area contributed by atoms with Gasteiger partial charge in [0.15, 0.2) is 11.5 Å². The molecule has 3 atom stereocenters. The predicted octanol–water partition coefficient (Wildman–Crippen LogP) is 3.95. The maximum atomic E-state index is 12.6. The average Bonchev–Trinajstić information content (AvgIpc) is 3.74. The number of nitrogens with one attached hydrogen (secondary N) is 5. The van der Waals surface area contributed by atoms with Crippen LogP contribution in [0.1, 0.15) is 59.4 Å². The number of aromatic nitrogens is 1. The van der Waals surface area contributed by atoms with Crippen LogP contribution in [0.25, 0.3) is 11.3 Å². The number of benzene rings is 2. The van der Waals surface area contributed by atoms with Gasteiger partial charge in [0.1, 0.15) is 0 Å². The van der Waals surface area contributed by atoms with Gasteiger partial charge in [-0.3, -0.25) is 14.4 Å². The van der Waals surface area contributed by atoms with E-state index in [1.807, 2.05) is 42.1 Å². The second-order valence-corrected chi connectivity index (χ2v) is 11.9. The maximum Gasteiger partial charge on any atom is 0.315 e. The lowest BCUT2D eigenvalue weighted by Gasteiger charge is -2.16. The molecule has 0 saturated carbocycles. The van der Waals surface area contributed by atoms with Gasteiger partial charge in [-0.1, -0.05) is 54.4 Å². The number of anilines is 1. The summed E-state index contributed by atoms with van der Waals surface area (Å²) in [5.74, 6) is 0.783. The Hall–Kier alpha value is -4.32. The summed E-state index contributed by atoms with van der Waals surface area (Å²) in [6.45, 7) is 0.727. The van der Waals surface area contributed by atoms with Crippen molar-refractivity contribution in [2.75, 3.05) is 24.2 Å². The first-order chi connectivity index (χ1) is 21.0. The number of unbranched alkanes of at least 4 members (excludes halogenated alkanes) is 2. The highest BCUT2D eigenvalue weighted by atomic mass is 32.2. The standard InChI is InChI=1S/C31H36N6O5S/c38-27(14-6-2-5-13-26-28-24(19-43-26)35-31(41)36-28)34-22-12-7-11-21(17-22)29(39)32-15-8-16-33-30(40)23-18-25(42-37-23)20-9-3-1-4-10-20/h1,3-4,7,9-12,17-18,24,26,28H,2,5-6,8,13-16,19H2,(H,32,39)(H,33,40)(H,34,38)(H2,35,36,41)/t24-,26-,28-/m0/s1. The zero-order chi connectivity index (χ0) is 30.0. The van der Waals surface area contributed by atoms with Gasteiger partial charge in [-0.15, -0.1) is 0 Å². The molecular weight excluding hydrogens is 568 g/mol. The van der Waals surface area contributed by atoms with Crippen molar-refractivity contribution in [1.29, 1.82) is 0 Å². The van der Waals surface area contributed by atoms with Gasteiger partial charge in [0, 0.05) is 53.4 Å². The van der Waals surface area contributed by atoms with E-state index in [0.29, 0.717) is 48.2 Å². The van der Waals surface area contributed by atoms with Crippen LogP contribution in [0.2, 0.25) is 0 Å². The molecule has 0 bridgehead atoms. The number of rotatable bonds is 14. The fraction of sp³-hybridized carbons (Fsp3) is 0.387. The first-order valence-corrected chi connectivity index (χ1v) is 15.7. The minimum Gasteiger partial charge on any atom is -0.355 e. The molecule has 0 aliphatic carbocycles. The molecule has 12 heteroatoms. The van der Waals surface area contributed by atoms with Gasteiger partial charge in [-0.05, 0) is 37.5 Å². The lowest BCUT2D eigenvalue weighted by molar-refractivity contribution is -0.116. The van der Waals surface area contributed by atoms with Crippen LogP contribution in [0.15, 0.2) is 65.2 Å². The second-order valence-electron chi connectivity index (χ2n) is 10.7. The van der Waals surface area contributed by atoms with E-state index >= 15 is 0 Å².